The third-order valence-electron chi connectivity index (χ3n) is 7.63. The SMILES string of the molecule is COc1ccc(CCNC(=O)c2ccccc2C2CCN(CCN3C=COC(c4cccc(O)c4)=C3)CC2)cc1. The maximum atomic E-state index is 13.1. The normalized spacial score (nSPS) is 15.8. The minimum absolute atomic E-state index is 0.0000258. The molecule has 0 spiro atoms. The molecule has 0 aliphatic carbocycles. The average molecular weight is 540 g/mol. The lowest BCUT2D eigenvalue weighted by Gasteiger charge is -2.34. The molecule has 0 bridgehead atoms. The van der Waals surface area contributed by atoms with Crippen LogP contribution in [0.5, 0.6) is 11.5 Å². The van der Waals surface area contributed by atoms with Crippen molar-refractivity contribution in [2.45, 2.75) is 25.2 Å². The van der Waals surface area contributed by atoms with Gasteiger partial charge in [0.05, 0.1) is 7.11 Å². The molecule has 0 aromatic heterocycles. The third-order valence-corrected chi connectivity index (χ3v) is 7.63. The Morgan fingerprint density at radius 2 is 1.82 bits per heavy atom. The van der Waals surface area contributed by atoms with Crippen LogP contribution in [0.1, 0.15) is 45.8 Å². The maximum Gasteiger partial charge on any atom is 0.251 e. The number of nitrogens with zero attached hydrogens (tertiary/aromatic N) is 2. The van der Waals surface area contributed by atoms with Gasteiger partial charge in [-0.15, -0.1) is 0 Å². The van der Waals surface area contributed by atoms with Crippen LogP contribution in [0.4, 0.5) is 0 Å². The predicted octanol–water partition coefficient (Wildman–Crippen LogP) is 5.35. The van der Waals surface area contributed by atoms with E-state index in [-0.39, 0.29) is 11.7 Å². The average Bonchev–Trinajstić information content (AvgIpc) is 3.01. The lowest BCUT2D eigenvalue weighted by molar-refractivity contribution is 0.0951. The Kier molecular flexibility index (Phi) is 9.04. The first-order chi connectivity index (χ1) is 19.6. The Labute approximate surface area is 236 Å². The monoisotopic (exact) mass is 539 g/mol. The number of hydrogen-bond acceptors (Lipinski definition) is 6. The first-order valence-corrected chi connectivity index (χ1v) is 13.9. The molecule has 0 unspecified atom stereocenters. The Morgan fingerprint density at radius 1 is 1.02 bits per heavy atom. The van der Waals surface area contributed by atoms with E-state index >= 15 is 0 Å². The zero-order valence-electron chi connectivity index (χ0n) is 23.0. The summed E-state index contributed by atoms with van der Waals surface area (Å²) in [6.45, 7) is 4.37. The number of phenolic OH excluding ortho intramolecular Hbond substituents is 1. The fraction of sp³-hybridized carbons (Fsp3) is 0.303. The van der Waals surface area contributed by atoms with Crippen molar-refractivity contribution in [1.29, 1.82) is 0 Å². The third kappa shape index (κ3) is 7.04. The van der Waals surface area contributed by atoms with Crippen molar-refractivity contribution in [2.75, 3.05) is 39.8 Å². The number of amides is 1. The number of carbonyl (C=O) groups is 1. The number of phenols is 1. The fourth-order valence-corrected chi connectivity index (χ4v) is 5.34. The van der Waals surface area contributed by atoms with Gasteiger partial charge in [-0.1, -0.05) is 42.5 Å². The van der Waals surface area contributed by atoms with Gasteiger partial charge in [-0.05, 0) is 79.7 Å². The topological polar surface area (TPSA) is 74.3 Å². The Bertz CT molecular complexity index is 1340. The highest BCUT2D eigenvalue weighted by Gasteiger charge is 2.24. The fourth-order valence-electron chi connectivity index (χ4n) is 5.34. The molecule has 3 aromatic carbocycles. The number of aromatic hydroxyl groups is 1. The summed E-state index contributed by atoms with van der Waals surface area (Å²) in [7, 11) is 1.66. The van der Waals surface area contributed by atoms with Crippen LogP contribution >= 0.6 is 0 Å². The Hall–Kier alpha value is -4.23. The Balaban J connectivity index is 1.10. The molecule has 1 fully saturated rings. The zero-order valence-corrected chi connectivity index (χ0v) is 23.0. The number of hydrogen-bond donors (Lipinski definition) is 2. The van der Waals surface area contributed by atoms with Gasteiger partial charge in [0.25, 0.3) is 5.91 Å². The van der Waals surface area contributed by atoms with E-state index in [0.29, 0.717) is 12.5 Å². The predicted molar refractivity (Wildman–Crippen MR) is 157 cm³/mol. The molecule has 2 aliphatic heterocycles. The Morgan fingerprint density at radius 3 is 2.60 bits per heavy atom. The van der Waals surface area contributed by atoms with E-state index in [1.54, 1.807) is 25.5 Å². The van der Waals surface area contributed by atoms with Gasteiger partial charge in [0.15, 0.2) is 0 Å². The first-order valence-electron chi connectivity index (χ1n) is 13.9. The van der Waals surface area contributed by atoms with Crippen molar-refractivity contribution in [1.82, 2.24) is 15.1 Å². The first kappa shape index (κ1) is 27.3. The second-order valence-corrected chi connectivity index (χ2v) is 10.2. The second kappa shape index (κ2) is 13.2. The second-order valence-electron chi connectivity index (χ2n) is 10.2. The smallest absolute Gasteiger partial charge is 0.251 e. The van der Waals surface area contributed by atoms with Gasteiger partial charge in [-0.2, -0.15) is 0 Å². The number of ether oxygens (including phenoxy) is 2. The van der Waals surface area contributed by atoms with E-state index in [4.69, 9.17) is 9.47 Å². The zero-order chi connectivity index (χ0) is 27.7. The molecule has 7 heteroatoms. The van der Waals surface area contributed by atoms with Gasteiger partial charge in [0.2, 0.25) is 0 Å². The number of carbonyl (C=O) groups excluding carboxylic acids is 1. The van der Waals surface area contributed by atoms with E-state index in [1.165, 1.54) is 5.56 Å². The molecular weight excluding hydrogens is 502 g/mol. The van der Waals surface area contributed by atoms with Crippen LogP contribution < -0.4 is 10.1 Å². The molecule has 3 aromatic rings. The van der Waals surface area contributed by atoms with Crippen molar-refractivity contribution in [3.05, 3.63) is 114 Å². The summed E-state index contributed by atoms with van der Waals surface area (Å²) in [6, 6.07) is 23.1. The van der Waals surface area contributed by atoms with E-state index < -0.39 is 0 Å². The van der Waals surface area contributed by atoms with E-state index in [9.17, 15) is 9.90 Å². The number of rotatable bonds is 10. The summed E-state index contributed by atoms with van der Waals surface area (Å²) in [5.41, 5.74) is 3.96. The van der Waals surface area contributed by atoms with Crippen molar-refractivity contribution >= 4 is 11.7 Å². The molecule has 0 atom stereocenters. The van der Waals surface area contributed by atoms with Crippen LogP contribution in [0.3, 0.4) is 0 Å². The molecule has 1 amide bonds. The van der Waals surface area contributed by atoms with Crippen molar-refractivity contribution in [2.24, 2.45) is 0 Å². The molecule has 0 radical (unpaired) electrons. The highest BCUT2D eigenvalue weighted by Crippen LogP contribution is 2.31. The lowest BCUT2D eigenvalue weighted by Crippen LogP contribution is -2.38. The molecule has 208 valence electrons. The lowest BCUT2D eigenvalue weighted by atomic mass is 9.86. The van der Waals surface area contributed by atoms with Crippen molar-refractivity contribution in [3.63, 3.8) is 0 Å². The minimum atomic E-state index is -0.0000258. The molecule has 0 saturated carbocycles. The van der Waals surface area contributed by atoms with E-state index in [2.05, 4.69) is 21.2 Å². The summed E-state index contributed by atoms with van der Waals surface area (Å²) < 4.78 is 10.9. The molecular formula is C33H37N3O4. The highest BCUT2D eigenvalue weighted by atomic mass is 16.5. The minimum Gasteiger partial charge on any atom is -0.508 e. The number of likely N-dealkylation sites (tertiary alicyclic amines) is 1. The molecule has 2 aliphatic rings. The van der Waals surface area contributed by atoms with Gasteiger partial charge < -0.3 is 29.7 Å². The standard InChI is InChI=1S/C33H37N3O4/c1-39-29-11-9-25(10-12-29)13-16-34-33(38)31-8-3-2-7-30(31)26-14-17-35(18-15-26)19-20-36-21-22-40-32(24-36)27-5-4-6-28(37)23-27/h2-12,21-24,26,37H,13-20H2,1H3,(H,34,38). The number of nitrogens with one attached hydrogen (secondary N) is 1. The summed E-state index contributed by atoms with van der Waals surface area (Å²) in [5.74, 6) is 2.15. The number of methoxy groups -OCH3 is 1. The van der Waals surface area contributed by atoms with Crippen LogP contribution in [0.25, 0.3) is 5.76 Å². The van der Waals surface area contributed by atoms with Gasteiger partial charge in [-0.25, -0.2) is 0 Å². The quantitative estimate of drug-likeness (QED) is 0.362. The van der Waals surface area contributed by atoms with E-state index in [1.807, 2.05) is 67.0 Å². The van der Waals surface area contributed by atoms with Crippen molar-refractivity contribution < 1.29 is 19.4 Å². The molecule has 5 rings (SSSR count). The van der Waals surface area contributed by atoms with Gasteiger partial charge in [0.1, 0.15) is 23.5 Å². The molecule has 2 N–H and O–H groups in total. The summed E-state index contributed by atoms with van der Waals surface area (Å²) in [6.07, 6.45) is 8.43. The molecule has 1 saturated heterocycles. The maximum absolute atomic E-state index is 13.1. The summed E-state index contributed by atoms with van der Waals surface area (Å²) >= 11 is 0. The largest absolute Gasteiger partial charge is 0.508 e. The molecule has 7 nitrogen and oxygen atoms in total. The van der Waals surface area contributed by atoms with Gasteiger partial charge in [-0.3, -0.25) is 4.79 Å². The van der Waals surface area contributed by atoms with Crippen molar-refractivity contribution in [3.8, 4) is 11.5 Å². The van der Waals surface area contributed by atoms with Crippen LogP contribution in [0, 0.1) is 0 Å². The highest BCUT2D eigenvalue weighted by molar-refractivity contribution is 5.95. The van der Waals surface area contributed by atoms with Crippen LogP contribution in [0.2, 0.25) is 0 Å². The van der Waals surface area contributed by atoms with Crippen LogP contribution in [-0.2, 0) is 11.2 Å². The van der Waals surface area contributed by atoms with E-state index in [0.717, 1.165) is 73.6 Å². The summed E-state index contributed by atoms with van der Waals surface area (Å²) in [5, 5.41) is 12.9. The number of piperidine rings is 1. The van der Waals surface area contributed by atoms with Gasteiger partial charge in [0, 0.05) is 43.2 Å². The molecule has 2 heterocycles. The van der Waals surface area contributed by atoms with Crippen LogP contribution in [0.15, 0.2) is 91.5 Å². The number of benzene rings is 3. The van der Waals surface area contributed by atoms with Gasteiger partial charge >= 0.3 is 0 Å². The molecule has 40 heavy (non-hydrogen) atoms. The summed E-state index contributed by atoms with van der Waals surface area (Å²) in [4.78, 5) is 17.7. The van der Waals surface area contributed by atoms with Crippen LogP contribution in [-0.4, -0.2) is 60.6 Å².